The van der Waals surface area contributed by atoms with Crippen LogP contribution in [0.3, 0.4) is 0 Å². The maximum atomic E-state index is 12.7. The van der Waals surface area contributed by atoms with Gasteiger partial charge in [-0.1, -0.05) is 18.2 Å². The number of fused-ring (bicyclic) bond motifs is 1. The number of benzene rings is 2. The van der Waals surface area contributed by atoms with Gasteiger partial charge < -0.3 is 24.8 Å². The molecule has 32 heavy (non-hydrogen) atoms. The second-order valence-electron chi connectivity index (χ2n) is 7.46. The van der Waals surface area contributed by atoms with Gasteiger partial charge >= 0.3 is 5.97 Å². The van der Waals surface area contributed by atoms with Gasteiger partial charge in [0.15, 0.2) is 17.6 Å². The zero-order valence-corrected chi connectivity index (χ0v) is 19.0. The summed E-state index contributed by atoms with van der Waals surface area (Å²) in [6.07, 6.45) is -0.987. The molecule has 1 atom stereocenters. The number of ether oxygens (including phenoxy) is 3. The lowest BCUT2D eigenvalue weighted by Crippen LogP contribution is -2.35. The molecule has 3 rings (SSSR count). The minimum absolute atomic E-state index is 0.0420. The zero-order valence-electron chi connectivity index (χ0n) is 18.2. The van der Waals surface area contributed by atoms with Crippen molar-refractivity contribution >= 4 is 29.5 Å². The molecule has 9 heteroatoms. The Morgan fingerprint density at radius 2 is 1.81 bits per heavy atom. The van der Waals surface area contributed by atoms with Crippen LogP contribution in [0.4, 0.5) is 0 Å². The van der Waals surface area contributed by atoms with E-state index in [4.69, 9.17) is 14.2 Å². The lowest BCUT2D eigenvalue weighted by Gasteiger charge is -2.15. The molecule has 2 amide bonds. The Morgan fingerprint density at radius 3 is 2.59 bits per heavy atom. The minimum atomic E-state index is -0.987. The number of hydrogen-bond donors (Lipinski definition) is 2. The molecule has 1 heterocycles. The SMILES string of the molecule is CC(C)NC(=O)CSc1ccccc1C(=O)O[C@@H](C)C(=O)NCc1ccc2c(c1)OCO2. The maximum absolute atomic E-state index is 12.7. The van der Waals surface area contributed by atoms with E-state index in [-0.39, 0.29) is 31.0 Å². The number of amides is 2. The van der Waals surface area contributed by atoms with Crippen molar-refractivity contribution in [2.45, 2.75) is 44.4 Å². The van der Waals surface area contributed by atoms with Crippen LogP contribution in [-0.4, -0.2) is 42.5 Å². The highest BCUT2D eigenvalue weighted by molar-refractivity contribution is 8.00. The third-order valence-corrected chi connectivity index (χ3v) is 5.55. The van der Waals surface area contributed by atoms with Crippen LogP contribution >= 0.6 is 11.8 Å². The number of thioether (sulfide) groups is 1. The normalized spacial score (nSPS) is 12.9. The Labute approximate surface area is 191 Å². The summed E-state index contributed by atoms with van der Waals surface area (Å²) in [5, 5.41) is 5.56. The highest BCUT2D eigenvalue weighted by Gasteiger charge is 2.21. The van der Waals surface area contributed by atoms with E-state index in [1.54, 1.807) is 36.4 Å². The third kappa shape index (κ3) is 6.40. The van der Waals surface area contributed by atoms with Crippen molar-refractivity contribution in [1.29, 1.82) is 0 Å². The van der Waals surface area contributed by atoms with Gasteiger partial charge in [0, 0.05) is 17.5 Å². The van der Waals surface area contributed by atoms with Crippen LogP contribution in [0.25, 0.3) is 0 Å². The van der Waals surface area contributed by atoms with Gasteiger partial charge in [-0.15, -0.1) is 11.8 Å². The molecular weight excluding hydrogens is 432 g/mol. The monoisotopic (exact) mass is 458 g/mol. The summed E-state index contributed by atoms with van der Waals surface area (Å²) in [4.78, 5) is 37.6. The Balaban J connectivity index is 1.53. The van der Waals surface area contributed by atoms with E-state index >= 15 is 0 Å². The van der Waals surface area contributed by atoms with Crippen LogP contribution in [0.1, 0.15) is 36.7 Å². The van der Waals surface area contributed by atoms with Gasteiger partial charge in [-0.05, 0) is 50.6 Å². The van der Waals surface area contributed by atoms with Crippen LogP contribution < -0.4 is 20.1 Å². The highest BCUT2D eigenvalue weighted by atomic mass is 32.2. The first-order chi connectivity index (χ1) is 15.3. The second kappa shape index (κ2) is 10.9. The van der Waals surface area contributed by atoms with Gasteiger partial charge in [-0.3, -0.25) is 9.59 Å². The molecule has 2 N–H and O–H groups in total. The summed E-state index contributed by atoms with van der Waals surface area (Å²) < 4.78 is 16.0. The molecule has 0 saturated carbocycles. The van der Waals surface area contributed by atoms with Gasteiger partial charge in [-0.2, -0.15) is 0 Å². The first-order valence-electron chi connectivity index (χ1n) is 10.2. The van der Waals surface area contributed by atoms with Gasteiger partial charge in [0.05, 0.1) is 11.3 Å². The first-order valence-corrected chi connectivity index (χ1v) is 11.2. The molecule has 0 unspecified atom stereocenters. The quantitative estimate of drug-likeness (QED) is 0.440. The Hall–Kier alpha value is -3.20. The molecule has 0 spiro atoms. The largest absolute Gasteiger partial charge is 0.454 e. The van der Waals surface area contributed by atoms with Crippen LogP contribution in [0.2, 0.25) is 0 Å². The van der Waals surface area contributed by atoms with Crippen LogP contribution in [0, 0.1) is 0 Å². The number of rotatable bonds is 9. The average molecular weight is 459 g/mol. The summed E-state index contributed by atoms with van der Waals surface area (Å²) in [5.74, 6) is 0.312. The van der Waals surface area contributed by atoms with E-state index in [1.165, 1.54) is 18.7 Å². The summed E-state index contributed by atoms with van der Waals surface area (Å²) in [6, 6.07) is 12.3. The van der Waals surface area contributed by atoms with Crippen molar-refractivity contribution < 1.29 is 28.6 Å². The molecule has 1 aliphatic rings. The van der Waals surface area contributed by atoms with E-state index in [2.05, 4.69) is 10.6 Å². The topological polar surface area (TPSA) is 103 Å². The molecule has 170 valence electrons. The number of esters is 1. The smallest absolute Gasteiger partial charge is 0.340 e. The van der Waals surface area contributed by atoms with E-state index in [1.807, 2.05) is 19.9 Å². The number of hydrogen-bond acceptors (Lipinski definition) is 7. The van der Waals surface area contributed by atoms with Gasteiger partial charge in [0.2, 0.25) is 12.7 Å². The summed E-state index contributed by atoms with van der Waals surface area (Å²) >= 11 is 1.24. The zero-order chi connectivity index (χ0) is 23.1. The molecule has 2 aromatic rings. The van der Waals surface area contributed by atoms with Crippen LogP contribution in [-0.2, 0) is 20.9 Å². The molecule has 0 aromatic heterocycles. The fourth-order valence-corrected chi connectivity index (χ4v) is 3.78. The Kier molecular flexibility index (Phi) is 7.99. The van der Waals surface area contributed by atoms with Gasteiger partial charge in [-0.25, -0.2) is 4.79 Å². The fourth-order valence-electron chi connectivity index (χ4n) is 2.93. The lowest BCUT2D eigenvalue weighted by atomic mass is 10.2. The predicted octanol–water partition coefficient (Wildman–Crippen LogP) is 2.89. The summed E-state index contributed by atoms with van der Waals surface area (Å²) in [6.45, 7) is 5.72. The minimum Gasteiger partial charge on any atom is -0.454 e. The number of carbonyl (C=O) groups excluding carboxylic acids is 3. The summed E-state index contributed by atoms with van der Waals surface area (Å²) in [5.41, 5.74) is 1.15. The van der Waals surface area contributed by atoms with Crippen molar-refractivity contribution in [3.63, 3.8) is 0 Å². The molecule has 8 nitrogen and oxygen atoms in total. The molecule has 1 aliphatic heterocycles. The number of carbonyl (C=O) groups is 3. The summed E-state index contributed by atoms with van der Waals surface area (Å²) in [7, 11) is 0. The van der Waals surface area contributed by atoms with E-state index in [0.29, 0.717) is 22.0 Å². The van der Waals surface area contributed by atoms with Gasteiger partial charge in [0.25, 0.3) is 5.91 Å². The molecule has 0 radical (unpaired) electrons. The Bertz CT molecular complexity index is 994. The molecule has 0 saturated heterocycles. The molecule has 0 bridgehead atoms. The molecule has 0 aliphatic carbocycles. The van der Waals surface area contributed by atoms with E-state index in [0.717, 1.165) is 5.56 Å². The molecular formula is C23H26N2O6S. The highest BCUT2D eigenvalue weighted by Crippen LogP contribution is 2.32. The standard InChI is InChI=1S/C23H26N2O6S/c1-14(2)25-21(26)12-32-20-7-5-4-6-17(20)23(28)31-15(3)22(27)24-11-16-8-9-18-19(10-16)30-13-29-18/h4-10,14-15H,11-13H2,1-3H3,(H,24,27)(H,25,26)/t15-/m0/s1. The van der Waals surface area contributed by atoms with Gasteiger partial charge in [0.1, 0.15) is 0 Å². The second-order valence-corrected chi connectivity index (χ2v) is 8.48. The first kappa shape index (κ1) is 23.5. The average Bonchev–Trinajstić information content (AvgIpc) is 3.23. The molecule has 2 aromatic carbocycles. The van der Waals surface area contributed by atoms with Crippen LogP contribution in [0.5, 0.6) is 11.5 Å². The number of nitrogens with one attached hydrogen (secondary N) is 2. The van der Waals surface area contributed by atoms with E-state index < -0.39 is 18.0 Å². The predicted molar refractivity (Wildman–Crippen MR) is 120 cm³/mol. The third-order valence-electron chi connectivity index (χ3n) is 4.47. The maximum Gasteiger partial charge on any atom is 0.340 e. The van der Waals surface area contributed by atoms with Crippen molar-refractivity contribution in [2.24, 2.45) is 0 Å². The lowest BCUT2D eigenvalue weighted by molar-refractivity contribution is -0.129. The van der Waals surface area contributed by atoms with Crippen molar-refractivity contribution in [3.8, 4) is 11.5 Å². The van der Waals surface area contributed by atoms with Crippen molar-refractivity contribution in [1.82, 2.24) is 10.6 Å². The molecule has 0 fully saturated rings. The van der Waals surface area contributed by atoms with Crippen LogP contribution in [0.15, 0.2) is 47.4 Å². The van der Waals surface area contributed by atoms with E-state index in [9.17, 15) is 14.4 Å². The van der Waals surface area contributed by atoms with Crippen molar-refractivity contribution in [2.75, 3.05) is 12.5 Å². The van der Waals surface area contributed by atoms with Crippen molar-refractivity contribution in [3.05, 3.63) is 53.6 Å². The Morgan fingerprint density at radius 1 is 1.06 bits per heavy atom. The fraction of sp³-hybridized carbons (Fsp3) is 0.348.